The lowest BCUT2D eigenvalue weighted by molar-refractivity contribution is -0.150. The fraction of sp³-hybridized carbons (Fsp3) is 0.870. The van der Waals surface area contributed by atoms with Crippen LogP contribution in [-0.4, -0.2) is 18.0 Å². The molecule has 0 bridgehead atoms. The summed E-state index contributed by atoms with van der Waals surface area (Å²) in [6, 6.07) is 0. The number of hydrogen-bond donors (Lipinski definition) is 0. The molecule has 4 heteroatoms. The second kappa shape index (κ2) is 19.7. The Morgan fingerprint density at radius 2 is 1.19 bits per heavy atom. The van der Waals surface area contributed by atoms with Crippen LogP contribution in [0.4, 0.5) is 0 Å². The van der Waals surface area contributed by atoms with Gasteiger partial charge >= 0.3 is 11.9 Å². The van der Waals surface area contributed by atoms with E-state index >= 15 is 0 Å². The number of esters is 2. The Bertz CT molecular complexity index is 354. The molecule has 0 heterocycles. The van der Waals surface area contributed by atoms with E-state index in [0.29, 0.717) is 19.3 Å². The van der Waals surface area contributed by atoms with Crippen molar-refractivity contribution in [3.8, 4) is 0 Å². The SMILES string of the molecule is CCCCCCCCC(=O)O[CH]CC(CC)OC(=O)CCCCCCCC. The molecule has 1 atom stereocenters. The van der Waals surface area contributed by atoms with E-state index in [0.717, 1.165) is 32.1 Å². The summed E-state index contributed by atoms with van der Waals surface area (Å²) in [5, 5.41) is 0. The predicted molar refractivity (Wildman–Crippen MR) is 111 cm³/mol. The van der Waals surface area contributed by atoms with Gasteiger partial charge in [-0.05, 0) is 19.3 Å². The number of rotatable bonds is 19. The molecular weight excluding hydrogens is 340 g/mol. The first-order valence-electron chi connectivity index (χ1n) is 11.3. The van der Waals surface area contributed by atoms with Crippen molar-refractivity contribution in [1.29, 1.82) is 0 Å². The number of unbranched alkanes of at least 4 members (excludes halogenated alkanes) is 10. The second-order valence-corrected chi connectivity index (χ2v) is 7.45. The first-order valence-corrected chi connectivity index (χ1v) is 11.3. The Labute approximate surface area is 167 Å². The molecule has 0 fully saturated rings. The summed E-state index contributed by atoms with van der Waals surface area (Å²) in [4.78, 5) is 23.6. The van der Waals surface area contributed by atoms with E-state index in [2.05, 4.69) is 13.8 Å². The van der Waals surface area contributed by atoms with E-state index in [1.54, 1.807) is 0 Å². The molecule has 4 nitrogen and oxygen atoms in total. The molecule has 1 radical (unpaired) electrons. The van der Waals surface area contributed by atoms with Crippen LogP contribution in [-0.2, 0) is 19.1 Å². The van der Waals surface area contributed by atoms with E-state index in [-0.39, 0.29) is 18.0 Å². The number of ether oxygens (including phenoxy) is 2. The Balaban J connectivity index is 3.66. The van der Waals surface area contributed by atoms with Crippen LogP contribution in [0.15, 0.2) is 0 Å². The van der Waals surface area contributed by atoms with Gasteiger partial charge in [-0.15, -0.1) is 0 Å². The monoisotopic (exact) mass is 383 g/mol. The van der Waals surface area contributed by atoms with Crippen LogP contribution in [0.3, 0.4) is 0 Å². The summed E-state index contributed by atoms with van der Waals surface area (Å²) >= 11 is 0. The van der Waals surface area contributed by atoms with Gasteiger partial charge in [0.05, 0.1) is 0 Å². The molecule has 0 aromatic rings. The third kappa shape index (κ3) is 18.1. The van der Waals surface area contributed by atoms with Crippen LogP contribution < -0.4 is 0 Å². The zero-order valence-electron chi connectivity index (χ0n) is 18.1. The molecule has 0 aliphatic heterocycles. The lowest BCUT2D eigenvalue weighted by Gasteiger charge is -2.16. The van der Waals surface area contributed by atoms with Crippen LogP contribution in [0, 0.1) is 6.61 Å². The second-order valence-electron chi connectivity index (χ2n) is 7.45. The molecule has 0 aromatic heterocycles. The average Bonchev–Trinajstić information content (AvgIpc) is 2.66. The molecule has 0 N–H and O–H groups in total. The Morgan fingerprint density at radius 3 is 1.70 bits per heavy atom. The maximum atomic E-state index is 11.9. The minimum Gasteiger partial charge on any atom is -0.462 e. The predicted octanol–water partition coefficient (Wildman–Crippen LogP) is 6.90. The third-order valence-electron chi connectivity index (χ3n) is 4.80. The maximum absolute atomic E-state index is 11.9. The fourth-order valence-corrected chi connectivity index (χ4v) is 2.95. The highest BCUT2D eigenvalue weighted by Gasteiger charge is 2.14. The molecule has 1 unspecified atom stereocenters. The highest BCUT2D eigenvalue weighted by molar-refractivity contribution is 5.70. The lowest BCUT2D eigenvalue weighted by atomic mass is 10.1. The van der Waals surface area contributed by atoms with Gasteiger partial charge < -0.3 is 9.47 Å². The van der Waals surface area contributed by atoms with Crippen molar-refractivity contribution in [2.24, 2.45) is 0 Å². The van der Waals surface area contributed by atoms with Gasteiger partial charge in [-0.2, -0.15) is 0 Å². The first-order chi connectivity index (χ1) is 13.1. The zero-order valence-corrected chi connectivity index (χ0v) is 18.1. The van der Waals surface area contributed by atoms with Gasteiger partial charge in [0, 0.05) is 19.3 Å². The maximum Gasteiger partial charge on any atom is 0.306 e. The first kappa shape index (κ1) is 25.9. The molecule has 0 saturated carbocycles. The summed E-state index contributed by atoms with van der Waals surface area (Å²) in [6.45, 7) is 7.88. The summed E-state index contributed by atoms with van der Waals surface area (Å²) in [5.74, 6) is -0.317. The van der Waals surface area contributed by atoms with Crippen LogP contribution in [0.1, 0.15) is 124 Å². The van der Waals surface area contributed by atoms with E-state index in [4.69, 9.17) is 9.47 Å². The van der Waals surface area contributed by atoms with E-state index < -0.39 is 0 Å². The molecular formula is C23H43O4. The fourth-order valence-electron chi connectivity index (χ4n) is 2.95. The van der Waals surface area contributed by atoms with Crippen LogP contribution in [0.25, 0.3) is 0 Å². The summed E-state index contributed by atoms with van der Waals surface area (Å²) in [6.07, 6.45) is 15.8. The van der Waals surface area contributed by atoms with Gasteiger partial charge in [-0.3, -0.25) is 9.59 Å². The number of carbonyl (C=O) groups excluding carboxylic acids is 2. The van der Waals surface area contributed by atoms with Gasteiger partial charge in [-0.25, -0.2) is 0 Å². The van der Waals surface area contributed by atoms with Crippen molar-refractivity contribution >= 4 is 11.9 Å². The van der Waals surface area contributed by atoms with Crippen molar-refractivity contribution < 1.29 is 19.1 Å². The van der Waals surface area contributed by atoms with Gasteiger partial charge in [0.15, 0.2) is 0 Å². The Hall–Kier alpha value is -1.06. The van der Waals surface area contributed by atoms with E-state index in [9.17, 15) is 9.59 Å². The molecule has 0 rings (SSSR count). The van der Waals surface area contributed by atoms with Gasteiger partial charge in [-0.1, -0.05) is 85.0 Å². The van der Waals surface area contributed by atoms with Crippen molar-refractivity contribution in [1.82, 2.24) is 0 Å². The lowest BCUT2D eigenvalue weighted by Crippen LogP contribution is -2.18. The molecule has 0 aromatic carbocycles. The minimum absolute atomic E-state index is 0.135. The summed E-state index contributed by atoms with van der Waals surface area (Å²) in [7, 11) is 0. The standard InChI is InChI=1S/C23H43O4/c1-4-7-9-11-13-15-17-22(24)26-20-19-21(6-3)27-23(25)18-16-14-12-10-8-5-2/h20-21H,4-19H2,1-3H3. The summed E-state index contributed by atoms with van der Waals surface area (Å²) in [5.41, 5.74) is 0. The van der Waals surface area contributed by atoms with Gasteiger partial charge in [0.2, 0.25) is 0 Å². The molecule has 0 aliphatic carbocycles. The third-order valence-corrected chi connectivity index (χ3v) is 4.80. The molecule has 0 amide bonds. The average molecular weight is 384 g/mol. The van der Waals surface area contributed by atoms with Crippen LogP contribution in [0.5, 0.6) is 0 Å². The van der Waals surface area contributed by atoms with Gasteiger partial charge in [0.1, 0.15) is 12.7 Å². The van der Waals surface area contributed by atoms with Crippen LogP contribution >= 0.6 is 0 Å². The quantitative estimate of drug-likeness (QED) is 0.180. The molecule has 0 spiro atoms. The van der Waals surface area contributed by atoms with Crippen molar-refractivity contribution in [2.75, 3.05) is 0 Å². The minimum atomic E-state index is -0.195. The van der Waals surface area contributed by atoms with Crippen molar-refractivity contribution in [2.45, 2.75) is 130 Å². The zero-order chi connectivity index (χ0) is 20.2. The van der Waals surface area contributed by atoms with Crippen molar-refractivity contribution in [3.63, 3.8) is 0 Å². The highest BCUT2D eigenvalue weighted by atomic mass is 16.6. The largest absolute Gasteiger partial charge is 0.462 e. The molecule has 27 heavy (non-hydrogen) atoms. The molecule has 0 saturated heterocycles. The summed E-state index contributed by atoms with van der Waals surface area (Å²) < 4.78 is 10.6. The van der Waals surface area contributed by atoms with Crippen LogP contribution in [0.2, 0.25) is 0 Å². The smallest absolute Gasteiger partial charge is 0.306 e. The Kier molecular flexibility index (Phi) is 18.9. The van der Waals surface area contributed by atoms with E-state index in [1.165, 1.54) is 58.0 Å². The number of carbonyl (C=O) groups is 2. The van der Waals surface area contributed by atoms with E-state index in [1.807, 2.05) is 6.92 Å². The number of hydrogen-bond acceptors (Lipinski definition) is 4. The molecule has 0 aliphatic rings. The highest BCUT2D eigenvalue weighted by Crippen LogP contribution is 2.13. The molecule has 159 valence electrons. The normalized spacial score (nSPS) is 12.0. The van der Waals surface area contributed by atoms with Gasteiger partial charge in [0.25, 0.3) is 0 Å². The van der Waals surface area contributed by atoms with Crippen molar-refractivity contribution in [3.05, 3.63) is 6.61 Å². The topological polar surface area (TPSA) is 52.6 Å². The Morgan fingerprint density at radius 1 is 0.704 bits per heavy atom.